The molecule has 0 radical (unpaired) electrons. The Labute approximate surface area is 279 Å². The number of amides is 2. The van der Waals surface area contributed by atoms with Gasteiger partial charge in [-0.2, -0.15) is 0 Å². The smallest absolute Gasteiger partial charge is 0.251 e. The number of hydrogen-bond donors (Lipinski definition) is 5. The zero-order valence-corrected chi connectivity index (χ0v) is 27.5. The van der Waals surface area contributed by atoms with Crippen molar-refractivity contribution in [3.63, 3.8) is 0 Å². The molecule has 4 N–H and O–H groups in total. The Balaban J connectivity index is 0.000000254. The van der Waals surface area contributed by atoms with E-state index in [0.717, 1.165) is 11.8 Å². The number of carbonyl (C=O) groups excluding carboxylic acids is 4. The summed E-state index contributed by atoms with van der Waals surface area (Å²) in [6.45, 7) is 5.72. The van der Waals surface area contributed by atoms with Crippen LogP contribution in [-0.4, -0.2) is 49.2 Å². The molecule has 4 aromatic rings. The Hall–Kier alpha value is -4.22. The van der Waals surface area contributed by atoms with E-state index < -0.39 is 29.4 Å². The fourth-order valence-corrected chi connectivity index (χ4v) is 5.29. The lowest BCUT2D eigenvalue weighted by atomic mass is 10.0. The van der Waals surface area contributed by atoms with Crippen molar-refractivity contribution in [3.8, 4) is 0 Å². The number of thioether (sulfide) groups is 1. The van der Waals surface area contributed by atoms with E-state index in [4.69, 9.17) is 0 Å². The standard InChI is InChI=1S/C20H23NO3S.C16H15NO3S/c1-20(2,3)25-19(24)17(22)16(14-10-6-4-7-11-14)21-18(23)15-12-8-5-9-13-15;18-14(16(20)21)13(11-7-3-1-4-8-11)17-15(19)12-9-5-2-6-10-12/h4-13,16-17,22H,1-3H3,(H,21,23);1-10,13-14,18H,(H,17,19)(H,20,21). The normalized spacial score (nSPS) is 13.5. The van der Waals surface area contributed by atoms with Crippen molar-refractivity contribution in [2.45, 2.75) is 49.8 Å². The summed E-state index contributed by atoms with van der Waals surface area (Å²) in [5.74, 6) is -0.694. The van der Waals surface area contributed by atoms with Gasteiger partial charge in [0.15, 0.2) is 0 Å². The minimum Gasteiger partial charge on any atom is -0.382 e. The molecule has 0 saturated heterocycles. The highest BCUT2D eigenvalue weighted by Crippen LogP contribution is 2.29. The SMILES string of the molecule is CC(C)(C)SC(=O)C(O)C(NC(=O)c1ccccc1)c1ccccc1.O=C(NC(c1ccccc1)C(O)C(=O)S)c1ccccc1. The molecule has 4 rings (SSSR count). The molecule has 0 aliphatic heterocycles. The summed E-state index contributed by atoms with van der Waals surface area (Å²) in [6.07, 6.45) is -2.75. The Morgan fingerprint density at radius 1 is 0.587 bits per heavy atom. The second kappa shape index (κ2) is 17.5. The van der Waals surface area contributed by atoms with E-state index >= 15 is 0 Å². The highest BCUT2D eigenvalue weighted by Gasteiger charge is 2.32. The molecule has 10 heteroatoms. The van der Waals surface area contributed by atoms with Crippen molar-refractivity contribution in [3.05, 3.63) is 144 Å². The third kappa shape index (κ3) is 11.3. The lowest BCUT2D eigenvalue weighted by Crippen LogP contribution is -2.40. The van der Waals surface area contributed by atoms with E-state index in [1.54, 1.807) is 91.0 Å². The molecule has 4 atom stereocenters. The average molecular weight is 659 g/mol. The molecule has 0 fully saturated rings. The van der Waals surface area contributed by atoms with Crippen LogP contribution in [-0.2, 0) is 9.59 Å². The van der Waals surface area contributed by atoms with Crippen molar-refractivity contribution in [2.24, 2.45) is 0 Å². The van der Waals surface area contributed by atoms with E-state index in [-0.39, 0.29) is 21.7 Å². The number of rotatable bonds is 10. The van der Waals surface area contributed by atoms with Gasteiger partial charge in [-0.15, -0.1) is 12.6 Å². The molecular formula is C36H38N2O6S2. The number of nitrogens with one attached hydrogen (secondary N) is 2. The summed E-state index contributed by atoms with van der Waals surface area (Å²) < 4.78 is -0.317. The third-order valence-electron chi connectivity index (χ3n) is 6.50. The molecule has 0 spiro atoms. The van der Waals surface area contributed by atoms with Crippen LogP contribution in [0.4, 0.5) is 0 Å². The van der Waals surface area contributed by atoms with Crippen molar-refractivity contribution >= 4 is 46.4 Å². The topological polar surface area (TPSA) is 133 Å². The van der Waals surface area contributed by atoms with Gasteiger partial charge >= 0.3 is 0 Å². The first-order valence-electron chi connectivity index (χ1n) is 14.5. The van der Waals surface area contributed by atoms with Crippen molar-refractivity contribution in [2.75, 3.05) is 0 Å². The monoisotopic (exact) mass is 658 g/mol. The number of aliphatic hydroxyl groups excluding tert-OH is 2. The van der Waals surface area contributed by atoms with Crippen LogP contribution in [0.1, 0.15) is 64.7 Å². The number of carbonyl (C=O) groups is 4. The van der Waals surface area contributed by atoms with Gasteiger partial charge in [0.1, 0.15) is 12.2 Å². The first kappa shape index (κ1) is 36.3. The molecule has 0 aromatic heterocycles. The number of thiol groups is 1. The van der Waals surface area contributed by atoms with Gasteiger partial charge < -0.3 is 20.8 Å². The minimum absolute atomic E-state index is 0.317. The van der Waals surface area contributed by atoms with E-state index in [9.17, 15) is 29.4 Å². The second-order valence-electron chi connectivity index (χ2n) is 11.2. The van der Waals surface area contributed by atoms with Crippen LogP contribution in [0.5, 0.6) is 0 Å². The number of hydrogen-bond acceptors (Lipinski definition) is 7. The van der Waals surface area contributed by atoms with E-state index in [0.29, 0.717) is 22.3 Å². The fourth-order valence-electron chi connectivity index (χ4n) is 4.28. The minimum atomic E-state index is -1.41. The highest BCUT2D eigenvalue weighted by atomic mass is 32.2. The first-order chi connectivity index (χ1) is 21.9. The second-order valence-corrected chi connectivity index (χ2v) is 13.5. The van der Waals surface area contributed by atoms with Crippen LogP contribution in [0.15, 0.2) is 121 Å². The Bertz CT molecular complexity index is 1570. The Morgan fingerprint density at radius 3 is 1.24 bits per heavy atom. The predicted octanol–water partition coefficient (Wildman–Crippen LogP) is 5.55. The van der Waals surface area contributed by atoms with Gasteiger partial charge in [0.25, 0.3) is 11.8 Å². The summed E-state index contributed by atoms with van der Waals surface area (Å²) in [6, 6.07) is 33.5. The lowest BCUT2D eigenvalue weighted by molar-refractivity contribution is -0.120. The van der Waals surface area contributed by atoms with Crippen LogP contribution >= 0.6 is 24.4 Å². The quantitative estimate of drug-likeness (QED) is 0.141. The molecule has 8 nitrogen and oxygen atoms in total. The molecule has 0 aliphatic carbocycles. The summed E-state index contributed by atoms with van der Waals surface area (Å²) in [5.41, 5.74) is 2.25. The molecule has 46 heavy (non-hydrogen) atoms. The average Bonchev–Trinajstić information content (AvgIpc) is 3.06. The maximum Gasteiger partial charge on any atom is 0.251 e. The van der Waals surface area contributed by atoms with Gasteiger partial charge in [0.05, 0.1) is 12.1 Å². The fraction of sp³-hybridized carbons (Fsp3) is 0.222. The summed E-state index contributed by atoms with van der Waals surface area (Å²) in [4.78, 5) is 48.5. The van der Waals surface area contributed by atoms with Crippen molar-refractivity contribution < 1.29 is 29.4 Å². The van der Waals surface area contributed by atoms with Gasteiger partial charge in [0.2, 0.25) is 10.2 Å². The van der Waals surface area contributed by atoms with Gasteiger partial charge in [-0.25, -0.2) is 0 Å². The molecule has 2 amide bonds. The largest absolute Gasteiger partial charge is 0.382 e. The van der Waals surface area contributed by atoms with Crippen molar-refractivity contribution in [1.29, 1.82) is 0 Å². The molecule has 0 bridgehead atoms. The Kier molecular flexibility index (Phi) is 13.8. The lowest BCUT2D eigenvalue weighted by Gasteiger charge is -2.26. The number of aliphatic hydroxyl groups is 2. The van der Waals surface area contributed by atoms with Gasteiger partial charge in [0, 0.05) is 15.9 Å². The molecular weight excluding hydrogens is 621 g/mol. The van der Waals surface area contributed by atoms with Crippen LogP contribution < -0.4 is 10.6 Å². The predicted molar refractivity (Wildman–Crippen MR) is 185 cm³/mol. The third-order valence-corrected chi connectivity index (χ3v) is 7.81. The van der Waals surface area contributed by atoms with E-state index in [2.05, 4.69) is 23.3 Å². The highest BCUT2D eigenvalue weighted by molar-refractivity contribution is 8.14. The van der Waals surface area contributed by atoms with Gasteiger partial charge in [-0.1, -0.05) is 130 Å². The van der Waals surface area contributed by atoms with Crippen LogP contribution in [0.25, 0.3) is 0 Å². The molecule has 0 heterocycles. The zero-order valence-electron chi connectivity index (χ0n) is 25.7. The summed E-state index contributed by atoms with van der Waals surface area (Å²) >= 11 is 4.72. The van der Waals surface area contributed by atoms with Crippen LogP contribution in [0, 0.1) is 0 Å². The zero-order chi connectivity index (χ0) is 33.7. The molecule has 4 aromatic carbocycles. The summed E-state index contributed by atoms with van der Waals surface area (Å²) in [7, 11) is 0. The first-order valence-corrected chi connectivity index (χ1v) is 15.8. The molecule has 0 saturated carbocycles. The maximum absolute atomic E-state index is 12.5. The van der Waals surface area contributed by atoms with Gasteiger partial charge in [-0.05, 0) is 35.4 Å². The van der Waals surface area contributed by atoms with E-state index in [1.807, 2.05) is 51.1 Å². The van der Waals surface area contributed by atoms with E-state index in [1.165, 1.54) is 0 Å². The molecule has 0 aliphatic rings. The number of benzene rings is 4. The summed E-state index contributed by atoms with van der Waals surface area (Å²) in [5, 5.41) is 25.0. The van der Waals surface area contributed by atoms with Gasteiger partial charge in [-0.3, -0.25) is 19.2 Å². The maximum atomic E-state index is 12.5. The van der Waals surface area contributed by atoms with Crippen LogP contribution in [0.2, 0.25) is 0 Å². The Morgan fingerprint density at radius 2 is 0.913 bits per heavy atom. The molecule has 4 unspecified atom stereocenters. The van der Waals surface area contributed by atoms with Crippen LogP contribution in [0.3, 0.4) is 0 Å². The van der Waals surface area contributed by atoms with Crippen molar-refractivity contribution in [1.82, 2.24) is 10.6 Å². The molecule has 240 valence electrons.